The van der Waals surface area contributed by atoms with Gasteiger partial charge in [-0.3, -0.25) is 9.59 Å². The maximum atomic E-state index is 11.7. The van der Waals surface area contributed by atoms with Crippen LogP contribution in [0, 0.1) is 0 Å². The molecular weight excluding hydrogens is 286 g/mol. The van der Waals surface area contributed by atoms with Gasteiger partial charge in [-0.2, -0.15) is 0 Å². The zero-order valence-corrected chi connectivity index (χ0v) is 11.6. The number of nitrogens with zero attached hydrogens (tertiary/aromatic N) is 2. The molecule has 0 bridgehead atoms. The lowest BCUT2D eigenvalue weighted by Gasteiger charge is -1.98. The normalized spacial score (nSPS) is 10.2. The van der Waals surface area contributed by atoms with E-state index in [1.165, 1.54) is 35.8 Å². The lowest BCUT2D eigenvalue weighted by atomic mass is 10.3. The number of hydrogen-bond donors (Lipinski definition) is 3. The molecule has 0 saturated heterocycles. The highest BCUT2D eigenvalue weighted by molar-refractivity contribution is 7.19. The van der Waals surface area contributed by atoms with E-state index in [-0.39, 0.29) is 18.2 Å². The molecule has 2 amide bonds. The molecule has 0 atom stereocenters. The van der Waals surface area contributed by atoms with E-state index in [4.69, 9.17) is 5.73 Å². The molecule has 0 radical (unpaired) electrons. The molecule has 2 aromatic rings. The first-order valence-corrected chi connectivity index (χ1v) is 6.95. The van der Waals surface area contributed by atoms with Crippen molar-refractivity contribution in [2.75, 3.05) is 16.4 Å². The van der Waals surface area contributed by atoms with Crippen LogP contribution in [0.25, 0.3) is 0 Å². The fraction of sp³-hybridized carbons (Fsp3) is 0.200. The monoisotopic (exact) mass is 297 g/mol. The molecule has 0 aliphatic rings. The summed E-state index contributed by atoms with van der Waals surface area (Å²) < 4.78 is 0. The van der Waals surface area contributed by atoms with Crippen LogP contribution in [-0.4, -0.2) is 21.8 Å². The molecule has 0 aromatic carbocycles. The minimum atomic E-state index is -0.228. The van der Waals surface area contributed by atoms with Crippen molar-refractivity contribution in [1.29, 1.82) is 0 Å². The SMILES string of the molecule is CC(=O)Nc1nc(CC(=O)Nc2ncc(N)s2)cs1. The van der Waals surface area contributed by atoms with Crippen molar-refractivity contribution < 1.29 is 9.59 Å². The van der Waals surface area contributed by atoms with Gasteiger partial charge in [-0.05, 0) is 0 Å². The number of hydrogen-bond acceptors (Lipinski definition) is 7. The van der Waals surface area contributed by atoms with Gasteiger partial charge in [0.05, 0.1) is 18.3 Å². The van der Waals surface area contributed by atoms with Gasteiger partial charge >= 0.3 is 0 Å². The predicted octanol–water partition coefficient (Wildman–Crippen LogP) is 1.32. The Balaban J connectivity index is 1.91. The molecule has 2 heterocycles. The summed E-state index contributed by atoms with van der Waals surface area (Å²) in [5, 5.41) is 8.39. The zero-order chi connectivity index (χ0) is 13.8. The molecule has 100 valence electrons. The highest BCUT2D eigenvalue weighted by atomic mass is 32.1. The van der Waals surface area contributed by atoms with Gasteiger partial charge in [0.1, 0.15) is 5.00 Å². The van der Waals surface area contributed by atoms with E-state index < -0.39 is 0 Å². The molecule has 0 unspecified atom stereocenters. The van der Waals surface area contributed by atoms with Crippen LogP contribution in [-0.2, 0) is 16.0 Å². The Morgan fingerprint density at radius 1 is 1.37 bits per heavy atom. The summed E-state index contributed by atoms with van der Waals surface area (Å²) >= 11 is 2.47. The first kappa shape index (κ1) is 13.4. The third kappa shape index (κ3) is 4.00. The lowest BCUT2D eigenvalue weighted by molar-refractivity contribution is -0.116. The highest BCUT2D eigenvalue weighted by Crippen LogP contribution is 2.20. The minimum Gasteiger partial charge on any atom is -0.389 e. The second kappa shape index (κ2) is 5.76. The van der Waals surface area contributed by atoms with Gasteiger partial charge < -0.3 is 16.4 Å². The third-order valence-electron chi connectivity index (χ3n) is 1.95. The standard InChI is InChI=1S/C10H11N5O2S2/c1-5(16)13-10-14-6(4-18-10)2-8(17)15-9-12-3-7(11)19-9/h3-4H,2,11H2,1H3,(H,12,15,17)(H,13,14,16). The second-order valence-corrected chi connectivity index (χ2v) is 5.54. The van der Waals surface area contributed by atoms with E-state index in [0.29, 0.717) is 21.0 Å². The maximum Gasteiger partial charge on any atom is 0.232 e. The summed E-state index contributed by atoms with van der Waals surface area (Å²) in [6, 6.07) is 0. The Hall–Kier alpha value is -2.00. The molecule has 2 aromatic heterocycles. The molecule has 0 fully saturated rings. The first-order chi connectivity index (χ1) is 9.02. The average Bonchev–Trinajstić information content (AvgIpc) is 2.88. The smallest absolute Gasteiger partial charge is 0.232 e. The largest absolute Gasteiger partial charge is 0.389 e. The molecule has 2 rings (SSSR count). The Kier molecular flexibility index (Phi) is 4.07. The van der Waals surface area contributed by atoms with Crippen LogP contribution in [0.4, 0.5) is 15.3 Å². The molecule has 4 N–H and O–H groups in total. The Morgan fingerprint density at radius 2 is 2.16 bits per heavy atom. The summed E-state index contributed by atoms with van der Waals surface area (Å²) in [7, 11) is 0. The van der Waals surface area contributed by atoms with Crippen LogP contribution in [0.2, 0.25) is 0 Å². The topological polar surface area (TPSA) is 110 Å². The Morgan fingerprint density at radius 3 is 2.79 bits per heavy atom. The van der Waals surface area contributed by atoms with Crippen LogP contribution < -0.4 is 16.4 Å². The van der Waals surface area contributed by atoms with E-state index in [9.17, 15) is 9.59 Å². The number of nitrogens with one attached hydrogen (secondary N) is 2. The van der Waals surface area contributed by atoms with Gasteiger partial charge in [-0.1, -0.05) is 11.3 Å². The zero-order valence-electron chi connectivity index (χ0n) is 9.97. The molecule has 0 aliphatic heterocycles. The predicted molar refractivity (Wildman–Crippen MR) is 75.3 cm³/mol. The molecule has 0 spiro atoms. The Labute approximate surface area is 116 Å². The van der Waals surface area contributed by atoms with E-state index in [2.05, 4.69) is 20.6 Å². The van der Waals surface area contributed by atoms with Gasteiger partial charge in [0.2, 0.25) is 11.8 Å². The van der Waals surface area contributed by atoms with Crippen LogP contribution >= 0.6 is 22.7 Å². The van der Waals surface area contributed by atoms with Crippen molar-refractivity contribution in [2.45, 2.75) is 13.3 Å². The summed E-state index contributed by atoms with van der Waals surface area (Å²) in [5.74, 6) is -0.419. The van der Waals surface area contributed by atoms with Gasteiger partial charge in [0, 0.05) is 12.3 Å². The average molecular weight is 297 g/mol. The quantitative estimate of drug-likeness (QED) is 0.788. The van der Waals surface area contributed by atoms with Gasteiger partial charge in [0.15, 0.2) is 10.3 Å². The van der Waals surface area contributed by atoms with Gasteiger partial charge in [0.25, 0.3) is 0 Å². The fourth-order valence-electron chi connectivity index (χ4n) is 1.27. The fourth-order valence-corrected chi connectivity index (χ4v) is 2.62. The summed E-state index contributed by atoms with van der Waals surface area (Å²) in [4.78, 5) is 30.6. The van der Waals surface area contributed by atoms with Crippen LogP contribution in [0.5, 0.6) is 0 Å². The molecule has 0 aliphatic carbocycles. The van der Waals surface area contributed by atoms with Crippen molar-refractivity contribution in [3.8, 4) is 0 Å². The number of carbonyl (C=O) groups excluding carboxylic acids is 2. The number of amides is 2. The van der Waals surface area contributed by atoms with E-state index in [1.807, 2.05) is 0 Å². The number of aromatic nitrogens is 2. The molecule has 9 heteroatoms. The summed E-state index contributed by atoms with van der Waals surface area (Å²) in [5.41, 5.74) is 6.10. The number of thiazole rings is 2. The van der Waals surface area contributed by atoms with Gasteiger partial charge in [-0.15, -0.1) is 11.3 Å². The number of nitrogen functional groups attached to an aromatic ring is 1. The molecule has 0 saturated carbocycles. The summed E-state index contributed by atoms with van der Waals surface area (Å²) in [6.45, 7) is 1.40. The lowest BCUT2D eigenvalue weighted by Crippen LogP contribution is -2.14. The van der Waals surface area contributed by atoms with E-state index in [0.717, 1.165) is 0 Å². The van der Waals surface area contributed by atoms with Crippen molar-refractivity contribution in [3.05, 3.63) is 17.3 Å². The minimum absolute atomic E-state index is 0.121. The van der Waals surface area contributed by atoms with Crippen molar-refractivity contribution in [2.24, 2.45) is 0 Å². The third-order valence-corrected chi connectivity index (χ3v) is 3.49. The first-order valence-electron chi connectivity index (χ1n) is 5.26. The number of carbonyl (C=O) groups is 2. The molecular formula is C10H11N5O2S2. The van der Waals surface area contributed by atoms with Crippen molar-refractivity contribution >= 4 is 49.8 Å². The Bertz CT molecular complexity index is 607. The maximum absolute atomic E-state index is 11.7. The number of nitrogens with two attached hydrogens (primary N) is 1. The van der Waals surface area contributed by atoms with Crippen molar-refractivity contribution in [3.63, 3.8) is 0 Å². The van der Waals surface area contributed by atoms with E-state index in [1.54, 1.807) is 5.38 Å². The molecule has 19 heavy (non-hydrogen) atoms. The second-order valence-electron chi connectivity index (χ2n) is 3.62. The highest BCUT2D eigenvalue weighted by Gasteiger charge is 2.10. The van der Waals surface area contributed by atoms with E-state index >= 15 is 0 Å². The van der Waals surface area contributed by atoms with Gasteiger partial charge in [-0.25, -0.2) is 9.97 Å². The van der Waals surface area contributed by atoms with Crippen LogP contribution in [0.1, 0.15) is 12.6 Å². The van der Waals surface area contributed by atoms with Crippen LogP contribution in [0.15, 0.2) is 11.6 Å². The molecule has 7 nitrogen and oxygen atoms in total. The van der Waals surface area contributed by atoms with Crippen LogP contribution in [0.3, 0.4) is 0 Å². The number of anilines is 3. The van der Waals surface area contributed by atoms with Crippen molar-refractivity contribution in [1.82, 2.24) is 9.97 Å². The summed E-state index contributed by atoms with van der Waals surface area (Å²) in [6.07, 6.45) is 1.60. The number of rotatable bonds is 4.